The van der Waals surface area contributed by atoms with Crippen LogP contribution >= 0.6 is 0 Å². The van der Waals surface area contributed by atoms with E-state index in [0.717, 1.165) is 25.1 Å². The predicted molar refractivity (Wildman–Crippen MR) is 95.6 cm³/mol. The average Bonchev–Trinajstić information content (AvgIpc) is 2.57. The van der Waals surface area contributed by atoms with Gasteiger partial charge in [0.2, 0.25) is 0 Å². The Morgan fingerprint density at radius 1 is 1.04 bits per heavy atom. The molecule has 0 aromatic heterocycles. The molecule has 0 bridgehead atoms. The van der Waals surface area contributed by atoms with Crippen molar-refractivity contribution in [3.05, 3.63) is 65.2 Å². The third-order valence-corrected chi connectivity index (χ3v) is 3.93. The number of carboxylic acid groups (broad SMARTS) is 1. The fraction of sp³-hybridized carbons (Fsp3) is 0.350. The molecule has 2 aromatic carbocycles. The predicted octanol–water partition coefficient (Wildman–Crippen LogP) is 3.22. The molecule has 2 rings (SSSR count). The van der Waals surface area contributed by atoms with E-state index >= 15 is 0 Å². The number of carboxylic acids is 1. The molecule has 0 heterocycles. The average molecular weight is 327 g/mol. The summed E-state index contributed by atoms with van der Waals surface area (Å²) in [5.74, 6) is 0.112. The van der Waals surface area contributed by atoms with Crippen molar-refractivity contribution in [1.82, 2.24) is 5.32 Å². The molecule has 2 aromatic rings. The molecular weight excluding hydrogens is 302 g/mol. The third-order valence-electron chi connectivity index (χ3n) is 3.93. The number of nitrogens with one attached hydrogen (secondary N) is 1. The highest BCUT2D eigenvalue weighted by atomic mass is 16.5. The minimum Gasteiger partial charge on any atom is -0.493 e. The van der Waals surface area contributed by atoms with Crippen LogP contribution in [0.3, 0.4) is 0 Å². The molecule has 0 saturated carbocycles. The van der Waals surface area contributed by atoms with Gasteiger partial charge in [-0.2, -0.15) is 0 Å². The fourth-order valence-electron chi connectivity index (χ4n) is 2.47. The maximum absolute atomic E-state index is 10.4. The number of rotatable bonds is 10. The molecule has 0 aliphatic carbocycles. The Balaban J connectivity index is 1.68. The number of aryl methyl sites for hydroxylation is 1. The Labute approximate surface area is 143 Å². The van der Waals surface area contributed by atoms with Crippen molar-refractivity contribution in [3.8, 4) is 5.75 Å². The van der Waals surface area contributed by atoms with Crippen LogP contribution in [0.2, 0.25) is 0 Å². The van der Waals surface area contributed by atoms with Crippen molar-refractivity contribution in [3.63, 3.8) is 0 Å². The van der Waals surface area contributed by atoms with Crippen LogP contribution in [0.15, 0.2) is 48.5 Å². The van der Waals surface area contributed by atoms with Crippen LogP contribution < -0.4 is 10.1 Å². The van der Waals surface area contributed by atoms with Gasteiger partial charge in [-0.15, -0.1) is 0 Å². The summed E-state index contributed by atoms with van der Waals surface area (Å²) in [6, 6.07) is 16.5. The molecule has 0 amide bonds. The van der Waals surface area contributed by atoms with Crippen LogP contribution in [-0.4, -0.2) is 30.8 Å². The molecule has 4 heteroatoms. The summed E-state index contributed by atoms with van der Waals surface area (Å²) in [6.45, 7) is 4.08. The Kier molecular flexibility index (Phi) is 7.30. The normalized spacial score (nSPS) is 10.5. The summed E-state index contributed by atoms with van der Waals surface area (Å²) in [7, 11) is 0. The number of benzene rings is 2. The molecular formula is C20H25NO3. The quantitative estimate of drug-likeness (QED) is 0.658. The second-order valence-electron chi connectivity index (χ2n) is 5.81. The highest BCUT2D eigenvalue weighted by Crippen LogP contribution is 2.14. The minimum atomic E-state index is -0.769. The van der Waals surface area contributed by atoms with E-state index in [1.54, 1.807) is 0 Å². The van der Waals surface area contributed by atoms with Gasteiger partial charge < -0.3 is 15.2 Å². The molecule has 4 nitrogen and oxygen atoms in total. The first kappa shape index (κ1) is 18.0. The molecule has 128 valence electrons. The second kappa shape index (κ2) is 9.73. The van der Waals surface area contributed by atoms with Crippen LogP contribution in [0.1, 0.15) is 23.1 Å². The summed E-state index contributed by atoms with van der Waals surface area (Å²) in [5.41, 5.74) is 3.83. The standard InChI is InChI=1S/C20H25NO3/c1-16-4-2-3-5-18(16)12-15-24-19-8-6-17(7-9-19)10-13-21-14-11-20(22)23/h2-9,21H,10-15H2,1H3,(H,22,23). The first-order valence-corrected chi connectivity index (χ1v) is 8.34. The minimum absolute atomic E-state index is 0.160. The number of carbonyl (C=O) groups is 1. The zero-order valence-electron chi connectivity index (χ0n) is 14.1. The van der Waals surface area contributed by atoms with Gasteiger partial charge >= 0.3 is 5.97 Å². The highest BCUT2D eigenvalue weighted by Gasteiger charge is 2.00. The van der Waals surface area contributed by atoms with E-state index < -0.39 is 5.97 Å². The molecule has 0 fully saturated rings. The number of hydrogen-bond acceptors (Lipinski definition) is 3. The third kappa shape index (κ3) is 6.42. The van der Waals surface area contributed by atoms with Gasteiger partial charge in [0.1, 0.15) is 5.75 Å². The van der Waals surface area contributed by atoms with E-state index in [2.05, 4.69) is 48.6 Å². The van der Waals surface area contributed by atoms with Crippen LogP contribution in [0.25, 0.3) is 0 Å². The van der Waals surface area contributed by atoms with E-state index in [9.17, 15) is 4.79 Å². The first-order valence-electron chi connectivity index (χ1n) is 8.34. The van der Waals surface area contributed by atoms with Crippen molar-refractivity contribution in [2.45, 2.75) is 26.2 Å². The lowest BCUT2D eigenvalue weighted by Crippen LogP contribution is -2.20. The number of ether oxygens (including phenoxy) is 1. The van der Waals surface area contributed by atoms with Gasteiger partial charge in [-0.1, -0.05) is 36.4 Å². The van der Waals surface area contributed by atoms with Crippen molar-refractivity contribution >= 4 is 5.97 Å². The zero-order valence-corrected chi connectivity index (χ0v) is 14.1. The maximum atomic E-state index is 10.4. The van der Waals surface area contributed by atoms with Gasteiger partial charge in [0.25, 0.3) is 0 Å². The molecule has 0 saturated heterocycles. The van der Waals surface area contributed by atoms with Crippen molar-refractivity contribution in [2.75, 3.05) is 19.7 Å². The van der Waals surface area contributed by atoms with Crippen LogP contribution in [0.4, 0.5) is 0 Å². The molecule has 24 heavy (non-hydrogen) atoms. The van der Waals surface area contributed by atoms with Crippen LogP contribution in [-0.2, 0) is 17.6 Å². The molecule has 0 atom stereocenters. The number of aliphatic carboxylic acids is 1. The molecule has 0 spiro atoms. The van der Waals surface area contributed by atoms with Crippen molar-refractivity contribution < 1.29 is 14.6 Å². The summed E-state index contributed by atoms with van der Waals surface area (Å²) in [5, 5.41) is 11.7. The van der Waals surface area contributed by atoms with E-state index in [-0.39, 0.29) is 6.42 Å². The Morgan fingerprint density at radius 3 is 2.50 bits per heavy atom. The molecule has 0 aliphatic heterocycles. The Bertz CT molecular complexity index is 638. The smallest absolute Gasteiger partial charge is 0.304 e. The lowest BCUT2D eigenvalue weighted by molar-refractivity contribution is -0.136. The zero-order chi connectivity index (χ0) is 17.2. The monoisotopic (exact) mass is 327 g/mol. The topological polar surface area (TPSA) is 58.6 Å². The Morgan fingerprint density at radius 2 is 1.79 bits per heavy atom. The van der Waals surface area contributed by atoms with Crippen molar-refractivity contribution in [2.24, 2.45) is 0 Å². The first-order chi connectivity index (χ1) is 11.6. The summed E-state index contributed by atoms with van der Waals surface area (Å²) in [4.78, 5) is 10.4. The Hall–Kier alpha value is -2.33. The van der Waals surface area contributed by atoms with Crippen molar-refractivity contribution in [1.29, 1.82) is 0 Å². The number of hydrogen-bond donors (Lipinski definition) is 2. The van der Waals surface area contributed by atoms with Gasteiger partial charge in [-0.3, -0.25) is 4.79 Å². The van der Waals surface area contributed by atoms with Gasteiger partial charge in [0.05, 0.1) is 13.0 Å². The van der Waals surface area contributed by atoms with E-state index in [1.807, 2.05) is 12.1 Å². The van der Waals surface area contributed by atoms with Gasteiger partial charge in [-0.25, -0.2) is 0 Å². The molecule has 0 radical (unpaired) electrons. The lowest BCUT2D eigenvalue weighted by atomic mass is 10.1. The second-order valence-corrected chi connectivity index (χ2v) is 5.81. The van der Waals surface area contributed by atoms with Gasteiger partial charge in [0.15, 0.2) is 0 Å². The van der Waals surface area contributed by atoms with E-state index in [4.69, 9.17) is 9.84 Å². The van der Waals surface area contributed by atoms with Crippen LogP contribution in [0.5, 0.6) is 5.75 Å². The summed E-state index contributed by atoms with van der Waals surface area (Å²) < 4.78 is 5.81. The molecule has 0 aliphatic rings. The summed E-state index contributed by atoms with van der Waals surface area (Å²) in [6.07, 6.45) is 1.94. The largest absolute Gasteiger partial charge is 0.493 e. The summed E-state index contributed by atoms with van der Waals surface area (Å²) >= 11 is 0. The maximum Gasteiger partial charge on any atom is 0.304 e. The highest BCUT2D eigenvalue weighted by molar-refractivity contribution is 5.66. The van der Waals surface area contributed by atoms with Gasteiger partial charge in [0, 0.05) is 13.0 Å². The molecule has 0 unspecified atom stereocenters. The van der Waals surface area contributed by atoms with Crippen LogP contribution in [0, 0.1) is 6.92 Å². The SMILES string of the molecule is Cc1ccccc1CCOc1ccc(CCNCCC(=O)O)cc1. The lowest BCUT2D eigenvalue weighted by Gasteiger charge is -2.09. The molecule has 2 N–H and O–H groups in total. The van der Waals surface area contributed by atoms with Gasteiger partial charge in [-0.05, 0) is 48.7 Å². The van der Waals surface area contributed by atoms with E-state index in [0.29, 0.717) is 13.2 Å². The fourth-order valence-corrected chi connectivity index (χ4v) is 2.47. The van der Waals surface area contributed by atoms with E-state index in [1.165, 1.54) is 16.7 Å².